The molecule has 1 aromatic heterocycles. The van der Waals surface area contributed by atoms with Crippen molar-refractivity contribution in [2.75, 3.05) is 13.2 Å². The van der Waals surface area contributed by atoms with Crippen LogP contribution in [-0.4, -0.2) is 23.8 Å². The van der Waals surface area contributed by atoms with Crippen LogP contribution in [0.25, 0.3) is 12.2 Å². The van der Waals surface area contributed by atoms with Gasteiger partial charge in [0.1, 0.15) is 12.4 Å². The number of hydrogen-bond donors (Lipinski definition) is 0. The van der Waals surface area contributed by atoms with E-state index in [9.17, 15) is 9.59 Å². The van der Waals surface area contributed by atoms with Gasteiger partial charge in [0, 0.05) is 0 Å². The Morgan fingerprint density at radius 3 is 2.69 bits per heavy atom. The lowest BCUT2D eigenvalue weighted by Gasteiger charge is -2.21. The van der Waals surface area contributed by atoms with E-state index in [0.29, 0.717) is 33.0 Å². The largest absolute Gasteiger partial charge is 0.490 e. The number of hydrogen-bond acceptors (Lipinski definition) is 6. The molecule has 4 rings (SSSR count). The van der Waals surface area contributed by atoms with Gasteiger partial charge in [-0.1, -0.05) is 78.6 Å². The number of carbonyl (C=O) groups is 1. The fourth-order valence-electron chi connectivity index (χ4n) is 3.78. The van der Waals surface area contributed by atoms with E-state index in [1.807, 2.05) is 72.8 Å². The molecule has 0 fully saturated rings. The third-order valence-electron chi connectivity index (χ3n) is 5.35. The number of esters is 1. The van der Waals surface area contributed by atoms with Crippen molar-refractivity contribution in [2.24, 2.45) is 4.99 Å². The molecule has 0 saturated carbocycles. The summed E-state index contributed by atoms with van der Waals surface area (Å²) < 4.78 is 13.0. The smallest absolute Gasteiger partial charge is 0.338 e. The maximum atomic E-state index is 13.6. The predicted molar refractivity (Wildman–Crippen MR) is 139 cm³/mol. The number of rotatable bonds is 8. The minimum absolute atomic E-state index is 0.219. The minimum Gasteiger partial charge on any atom is -0.490 e. The average Bonchev–Trinajstić information content (AvgIpc) is 3.16. The van der Waals surface area contributed by atoms with E-state index in [2.05, 4.69) is 11.6 Å². The molecule has 0 amide bonds. The maximum Gasteiger partial charge on any atom is 0.338 e. The van der Waals surface area contributed by atoms with Gasteiger partial charge >= 0.3 is 5.97 Å². The second kappa shape index (κ2) is 11.0. The fraction of sp³-hybridized carbons (Fsp3) is 0.179. The molecule has 0 radical (unpaired) electrons. The van der Waals surface area contributed by atoms with Crippen LogP contribution < -0.4 is 19.6 Å². The molecule has 2 aromatic carbocycles. The lowest BCUT2D eigenvalue weighted by molar-refractivity contribution is -0.139. The molecule has 0 aliphatic carbocycles. The number of aromatic nitrogens is 1. The summed E-state index contributed by atoms with van der Waals surface area (Å²) in [5.74, 6) is 0.216. The summed E-state index contributed by atoms with van der Waals surface area (Å²) in [5, 5.41) is 0. The number of thiazole rings is 1. The fourth-order valence-corrected chi connectivity index (χ4v) is 4.84. The van der Waals surface area contributed by atoms with Crippen molar-refractivity contribution in [1.29, 1.82) is 0 Å². The van der Waals surface area contributed by atoms with Gasteiger partial charge in [0.2, 0.25) is 0 Å². The molecule has 35 heavy (non-hydrogen) atoms. The first kappa shape index (κ1) is 24.2. The Bertz CT molecular complexity index is 1480. The van der Waals surface area contributed by atoms with Crippen LogP contribution in [-0.2, 0) is 9.53 Å². The Morgan fingerprint density at radius 2 is 1.94 bits per heavy atom. The summed E-state index contributed by atoms with van der Waals surface area (Å²) in [7, 11) is 0. The highest BCUT2D eigenvalue weighted by molar-refractivity contribution is 7.07. The van der Waals surface area contributed by atoms with Gasteiger partial charge in [0.25, 0.3) is 5.56 Å². The van der Waals surface area contributed by atoms with Crippen LogP contribution in [0.3, 0.4) is 0 Å². The molecule has 1 atom stereocenters. The molecule has 0 bridgehead atoms. The third kappa shape index (κ3) is 5.41. The molecule has 1 unspecified atom stereocenters. The highest BCUT2D eigenvalue weighted by Crippen LogP contribution is 2.26. The second-order valence-electron chi connectivity index (χ2n) is 7.79. The van der Waals surface area contributed by atoms with E-state index in [4.69, 9.17) is 9.47 Å². The summed E-state index contributed by atoms with van der Waals surface area (Å²) >= 11 is 1.29. The van der Waals surface area contributed by atoms with Crippen molar-refractivity contribution in [3.05, 3.63) is 115 Å². The van der Waals surface area contributed by atoms with Gasteiger partial charge in [0.05, 0.1) is 28.5 Å². The van der Waals surface area contributed by atoms with Crippen LogP contribution in [0.4, 0.5) is 0 Å². The van der Waals surface area contributed by atoms with Gasteiger partial charge < -0.3 is 9.47 Å². The average molecular weight is 487 g/mol. The standard InChI is InChI=1S/C28H26N2O4S/c1-4-16-34-22-13-9-12-21(17-22)18-24-26(31)30-23(15-14-20-10-7-6-8-11-20)25(27(32)33-5-2)19(3)29-28(30)35-24/h4,6-15,17-18,23H,1,5,16H2,2-3H3/b15-14+,24-18-. The first-order valence-electron chi connectivity index (χ1n) is 11.3. The molecule has 2 heterocycles. The molecule has 0 spiro atoms. The predicted octanol–water partition coefficient (Wildman–Crippen LogP) is 4.03. The van der Waals surface area contributed by atoms with Crippen LogP contribution >= 0.6 is 11.3 Å². The molecule has 0 N–H and O–H groups in total. The Morgan fingerprint density at radius 1 is 1.17 bits per heavy atom. The molecule has 7 heteroatoms. The van der Waals surface area contributed by atoms with Gasteiger partial charge in [-0.3, -0.25) is 9.36 Å². The number of nitrogens with zero attached hydrogens (tertiary/aromatic N) is 2. The molecule has 1 aliphatic rings. The highest BCUT2D eigenvalue weighted by atomic mass is 32.1. The Kier molecular flexibility index (Phi) is 7.57. The quantitative estimate of drug-likeness (QED) is 0.356. The molecular formula is C28H26N2O4S. The zero-order valence-corrected chi connectivity index (χ0v) is 20.5. The van der Waals surface area contributed by atoms with Crippen LogP contribution in [0, 0.1) is 0 Å². The van der Waals surface area contributed by atoms with Crippen molar-refractivity contribution in [2.45, 2.75) is 19.9 Å². The normalized spacial score (nSPS) is 15.6. The molecular weight excluding hydrogens is 460 g/mol. The number of fused-ring (bicyclic) bond motifs is 1. The summed E-state index contributed by atoms with van der Waals surface area (Å²) in [6.07, 6.45) is 7.24. The van der Waals surface area contributed by atoms with E-state index in [0.717, 1.165) is 11.1 Å². The van der Waals surface area contributed by atoms with Crippen LogP contribution in [0.1, 0.15) is 31.0 Å². The maximum absolute atomic E-state index is 13.6. The number of benzene rings is 2. The van der Waals surface area contributed by atoms with Crippen molar-refractivity contribution in [1.82, 2.24) is 4.57 Å². The number of allylic oxidation sites excluding steroid dienone is 2. The molecule has 178 valence electrons. The Labute approximate surface area is 207 Å². The minimum atomic E-state index is -0.630. The summed E-state index contributed by atoms with van der Waals surface area (Å²) in [4.78, 5) is 31.5. The Hall–Kier alpha value is -3.97. The SMILES string of the molecule is C=CCOc1cccc(/C=c2\sc3n(c2=O)C(/C=C/c2ccccc2)C(C(=O)OCC)=C(C)N=3)c1. The molecule has 1 aliphatic heterocycles. The van der Waals surface area contributed by atoms with Crippen molar-refractivity contribution in [3.63, 3.8) is 0 Å². The zero-order valence-electron chi connectivity index (χ0n) is 19.6. The second-order valence-corrected chi connectivity index (χ2v) is 8.80. The monoisotopic (exact) mass is 486 g/mol. The van der Waals surface area contributed by atoms with Crippen LogP contribution in [0.15, 0.2) is 94.4 Å². The van der Waals surface area contributed by atoms with Gasteiger partial charge in [0.15, 0.2) is 4.80 Å². The lowest BCUT2D eigenvalue weighted by Crippen LogP contribution is -2.38. The van der Waals surface area contributed by atoms with E-state index in [1.165, 1.54) is 11.3 Å². The van der Waals surface area contributed by atoms with Gasteiger partial charge in [-0.2, -0.15) is 0 Å². The van der Waals surface area contributed by atoms with Crippen LogP contribution in [0.2, 0.25) is 0 Å². The molecule has 3 aromatic rings. The first-order chi connectivity index (χ1) is 17.0. The third-order valence-corrected chi connectivity index (χ3v) is 6.34. The van der Waals surface area contributed by atoms with Gasteiger partial charge in [-0.05, 0) is 43.2 Å². The van der Waals surface area contributed by atoms with E-state index in [-0.39, 0.29) is 12.2 Å². The molecule has 0 saturated heterocycles. The molecule has 6 nitrogen and oxygen atoms in total. The highest BCUT2D eigenvalue weighted by Gasteiger charge is 2.30. The van der Waals surface area contributed by atoms with E-state index >= 15 is 0 Å². The van der Waals surface area contributed by atoms with Crippen molar-refractivity contribution in [3.8, 4) is 5.75 Å². The zero-order chi connectivity index (χ0) is 24.8. The number of ether oxygens (including phenoxy) is 2. The van der Waals surface area contributed by atoms with Crippen molar-refractivity contribution < 1.29 is 14.3 Å². The number of carbonyl (C=O) groups excluding carboxylic acids is 1. The first-order valence-corrected chi connectivity index (χ1v) is 12.1. The summed E-state index contributed by atoms with van der Waals surface area (Å²) in [6, 6.07) is 16.6. The van der Waals surface area contributed by atoms with Crippen LogP contribution in [0.5, 0.6) is 5.75 Å². The van der Waals surface area contributed by atoms with Gasteiger partial charge in [-0.15, -0.1) is 0 Å². The van der Waals surface area contributed by atoms with E-state index < -0.39 is 12.0 Å². The van der Waals surface area contributed by atoms with E-state index in [1.54, 1.807) is 24.5 Å². The lowest BCUT2D eigenvalue weighted by atomic mass is 10.0. The Balaban J connectivity index is 1.82. The van der Waals surface area contributed by atoms with Gasteiger partial charge in [-0.25, -0.2) is 9.79 Å². The topological polar surface area (TPSA) is 69.9 Å². The summed E-state index contributed by atoms with van der Waals surface area (Å²) in [6.45, 7) is 7.82. The van der Waals surface area contributed by atoms with Crippen molar-refractivity contribution >= 4 is 29.5 Å². The summed E-state index contributed by atoms with van der Waals surface area (Å²) in [5.41, 5.74) is 2.47.